The summed E-state index contributed by atoms with van der Waals surface area (Å²) in [7, 11) is -2.61. The summed E-state index contributed by atoms with van der Waals surface area (Å²) < 4.78 is 0.398. The van der Waals surface area contributed by atoms with Gasteiger partial charge in [-0.2, -0.15) is 0 Å². The maximum atomic E-state index is 10.5. The highest BCUT2D eigenvalue weighted by atomic mass is 31.1. The van der Waals surface area contributed by atoms with E-state index in [0.29, 0.717) is 4.67 Å². The molecular formula is C4H3N2O3P. The van der Waals surface area contributed by atoms with E-state index in [-0.39, 0.29) is 0 Å². The molecule has 1 heterocycles. The summed E-state index contributed by atoms with van der Waals surface area (Å²) in [5, 5.41) is 6.59. The maximum Gasteiger partial charge on any atom is 0.302 e. The molecular weight excluding hydrogens is 155 g/mol. The second kappa shape index (κ2) is 2.28. The van der Waals surface area contributed by atoms with Crippen LogP contribution in [0.1, 0.15) is 0 Å². The number of amides is 2. The van der Waals surface area contributed by atoms with E-state index in [2.05, 4.69) is 0 Å². The molecule has 0 saturated carbocycles. The van der Waals surface area contributed by atoms with E-state index in [4.69, 9.17) is 5.16 Å². The molecule has 0 aromatic heterocycles. The third kappa shape index (κ3) is 0.964. The molecule has 0 aromatic carbocycles. The van der Waals surface area contributed by atoms with Crippen molar-refractivity contribution in [2.75, 3.05) is 0 Å². The molecule has 5 nitrogen and oxygen atoms in total. The molecule has 1 atom stereocenters. The van der Waals surface area contributed by atoms with E-state index in [1.165, 1.54) is 0 Å². The van der Waals surface area contributed by atoms with Gasteiger partial charge >= 0.3 is 8.09 Å². The van der Waals surface area contributed by atoms with Crippen molar-refractivity contribution in [3.05, 3.63) is 12.2 Å². The molecule has 1 aliphatic rings. The van der Waals surface area contributed by atoms with Gasteiger partial charge in [0.2, 0.25) is 0 Å². The second-order valence-corrected chi connectivity index (χ2v) is 2.54. The molecule has 1 aliphatic heterocycles. The van der Waals surface area contributed by atoms with Gasteiger partial charge in [0.1, 0.15) is 0 Å². The van der Waals surface area contributed by atoms with Crippen LogP contribution in [0.25, 0.3) is 0 Å². The highest BCUT2D eigenvalue weighted by Gasteiger charge is 2.31. The average molecular weight is 158 g/mol. The SMILES string of the molecule is N=[P+]([O-])N1C(=O)C=CC1=O. The van der Waals surface area contributed by atoms with Crippen molar-refractivity contribution in [2.45, 2.75) is 0 Å². The van der Waals surface area contributed by atoms with Gasteiger partial charge in [0.05, 0.1) is 0 Å². The number of hydrogen-bond acceptors (Lipinski definition) is 4. The number of rotatable bonds is 1. The normalized spacial score (nSPS) is 18.5. The van der Waals surface area contributed by atoms with Crippen LogP contribution in [0.3, 0.4) is 0 Å². The Morgan fingerprint density at radius 1 is 1.40 bits per heavy atom. The van der Waals surface area contributed by atoms with E-state index in [1.54, 1.807) is 0 Å². The second-order valence-electron chi connectivity index (χ2n) is 1.59. The van der Waals surface area contributed by atoms with Gasteiger partial charge in [-0.25, -0.2) is 0 Å². The van der Waals surface area contributed by atoms with Crippen molar-refractivity contribution in [2.24, 2.45) is 0 Å². The third-order valence-electron chi connectivity index (χ3n) is 0.968. The van der Waals surface area contributed by atoms with Crippen LogP contribution in [-0.4, -0.2) is 16.5 Å². The molecule has 0 fully saturated rings. The summed E-state index contributed by atoms with van der Waals surface area (Å²) in [6, 6.07) is 0. The van der Waals surface area contributed by atoms with Gasteiger partial charge in [0.15, 0.2) is 0 Å². The summed E-state index contributed by atoms with van der Waals surface area (Å²) in [6.45, 7) is 0. The zero-order chi connectivity index (χ0) is 7.72. The number of imide groups is 1. The summed E-state index contributed by atoms with van der Waals surface area (Å²) in [5.41, 5.74) is 0. The van der Waals surface area contributed by atoms with Gasteiger partial charge in [-0.3, -0.25) is 9.59 Å². The number of nitrogens with one attached hydrogen (secondary N) is 1. The smallest absolute Gasteiger partial charge is 0.302 e. The van der Waals surface area contributed by atoms with Crippen LogP contribution >= 0.6 is 8.09 Å². The van der Waals surface area contributed by atoms with Crippen molar-refractivity contribution in [1.82, 2.24) is 4.67 Å². The minimum Gasteiger partial charge on any atom is -0.590 e. The lowest BCUT2D eigenvalue weighted by Crippen LogP contribution is -2.25. The molecule has 10 heavy (non-hydrogen) atoms. The third-order valence-corrected chi connectivity index (χ3v) is 1.73. The van der Waals surface area contributed by atoms with E-state index in [9.17, 15) is 14.5 Å². The maximum absolute atomic E-state index is 10.5. The Morgan fingerprint density at radius 3 is 2.00 bits per heavy atom. The Hall–Kier alpha value is -1.06. The van der Waals surface area contributed by atoms with E-state index < -0.39 is 19.9 Å². The Labute approximate surface area is 57.4 Å². The van der Waals surface area contributed by atoms with Crippen molar-refractivity contribution in [3.63, 3.8) is 0 Å². The van der Waals surface area contributed by atoms with Crippen LogP contribution in [0.5, 0.6) is 0 Å². The van der Waals surface area contributed by atoms with E-state index >= 15 is 0 Å². The topological polar surface area (TPSA) is 84.3 Å². The first kappa shape index (κ1) is 7.05. The lowest BCUT2D eigenvalue weighted by molar-refractivity contribution is -0.169. The van der Waals surface area contributed by atoms with Crippen LogP contribution in [0, 0.1) is 5.16 Å². The number of hydrogen-bond donors (Lipinski definition) is 1. The predicted octanol–water partition coefficient (Wildman–Crippen LogP) is -0.654. The fraction of sp³-hybridized carbons (Fsp3) is 0. The van der Waals surface area contributed by atoms with Crippen LogP contribution in [0.15, 0.2) is 12.2 Å². The standard InChI is InChI=1S/C4H3N2O3P/c5-10(9)6-3(7)1-2-4(6)8/h1-2,5H. The number of carbonyl (C=O) groups excluding carboxylic acids is 2. The number of carbonyl (C=O) groups is 2. The molecule has 1 unspecified atom stereocenters. The summed E-state index contributed by atoms with van der Waals surface area (Å²) in [4.78, 5) is 31.4. The van der Waals surface area contributed by atoms with Gasteiger partial charge in [0.25, 0.3) is 11.8 Å². The summed E-state index contributed by atoms with van der Waals surface area (Å²) >= 11 is 0. The lowest BCUT2D eigenvalue weighted by Gasteiger charge is -2.01. The fourth-order valence-corrected chi connectivity index (χ4v) is 1.06. The van der Waals surface area contributed by atoms with Crippen molar-refractivity contribution in [1.29, 1.82) is 5.16 Å². The lowest BCUT2D eigenvalue weighted by atomic mass is 10.6. The molecule has 1 rings (SSSR count). The Balaban J connectivity index is 2.90. The van der Waals surface area contributed by atoms with Gasteiger partial charge < -0.3 is 4.89 Å². The van der Waals surface area contributed by atoms with Crippen molar-refractivity contribution >= 4 is 19.9 Å². The zero-order valence-electron chi connectivity index (χ0n) is 4.77. The van der Waals surface area contributed by atoms with Gasteiger partial charge in [-0.15, -0.1) is 5.16 Å². The van der Waals surface area contributed by atoms with Gasteiger partial charge in [0, 0.05) is 12.2 Å². The van der Waals surface area contributed by atoms with Crippen LogP contribution in [0.2, 0.25) is 0 Å². The Kier molecular flexibility index (Phi) is 1.61. The molecule has 0 aliphatic carbocycles. The molecule has 52 valence electrons. The summed E-state index contributed by atoms with van der Waals surface area (Å²) in [6.07, 6.45) is 1.98. The number of nitrogens with zero attached hydrogens (tertiary/aromatic N) is 1. The quantitative estimate of drug-likeness (QED) is 0.406. The van der Waals surface area contributed by atoms with Gasteiger partial charge in [-0.05, 0) is 0 Å². The largest absolute Gasteiger partial charge is 0.590 e. The van der Waals surface area contributed by atoms with E-state index in [1.807, 2.05) is 0 Å². The first-order chi connectivity index (χ1) is 4.63. The van der Waals surface area contributed by atoms with Crippen molar-refractivity contribution in [3.8, 4) is 0 Å². The van der Waals surface area contributed by atoms with Gasteiger partial charge in [-0.1, -0.05) is 4.67 Å². The molecule has 0 spiro atoms. The van der Waals surface area contributed by atoms with Crippen molar-refractivity contribution < 1.29 is 14.5 Å². The molecule has 0 bridgehead atoms. The highest BCUT2D eigenvalue weighted by Crippen LogP contribution is 2.21. The van der Waals surface area contributed by atoms with E-state index in [0.717, 1.165) is 12.2 Å². The highest BCUT2D eigenvalue weighted by molar-refractivity contribution is 7.37. The first-order valence-electron chi connectivity index (χ1n) is 2.37. The Morgan fingerprint density at radius 2 is 1.80 bits per heavy atom. The minimum atomic E-state index is -2.61. The zero-order valence-corrected chi connectivity index (χ0v) is 5.67. The first-order valence-corrected chi connectivity index (χ1v) is 3.58. The molecule has 0 saturated heterocycles. The monoisotopic (exact) mass is 158 g/mol. The minimum absolute atomic E-state index is 0.398. The molecule has 2 amide bonds. The molecule has 0 aromatic rings. The van der Waals surface area contributed by atoms with Crippen LogP contribution in [0.4, 0.5) is 0 Å². The Bertz CT molecular complexity index is 229. The van der Waals surface area contributed by atoms with Crippen LogP contribution < -0.4 is 4.89 Å². The average Bonchev–Trinajstić information content (AvgIpc) is 2.11. The molecule has 1 N–H and O–H groups in total. The fourth-order valence-electron chi connectivity index (χ4n) is 0.571. The molecule has 6 heteroatoms. The predicted molar refractivity (Wildman–Crippen MR) is 30.6 cm³/mol. The van der Waals surface area contributed by atoms with Crippen LogP contribution in [-0.2, 0) is 9.59 Å². The molecule has 0 radical (unpaired) electrons. The summed E-state index contributed by atoms with van der Waals surface area (Å²) in [5.74, 6) is -1.36.